The highest BCUT2D eigenvalue weighted by Gasteiger charge is 2.47. The number of thioether (sulfide) groups is 1. The van der Waals surface area contributed by atoms with Crippen molar-refractivity contribution in [3.63, 3.8) is 0 Å². The lowest BCUT2D eigenvalue weighted by Gasteiger charge is -2.30. The number of carbonyl (C=O) groups excluding carboxylic acids is 2. The number of hydrogen-bond acceptors (Lipinski definition) is 6. The maximum atomic E-state index is 13.3. The lowest BCUT2D eigenvalue weighted by molar-refractivity contribution is -0.154. The molecule has 0 spiro atoms. The van der Waals surface area contributed by atoms with Gasteiger partial charge in [-0.05, 0) is 35.1 Å². The molecule has 1 aliphatic carbocycles. The molecule has 2 aliphatic heterocycles. The number of carbonyl (C=O) groups is 3. The van der Waals surface area contributed by atoms with Gasteiger partial charge in [0.05, 0.1) is 11.4 Å². The molecular weight excluding hydrogens is 468 g/mol. The van der Waals surface area contributed by atoms with Gasteiger partial charge in [-0.3, -0.25) is 4.79 Å². The van der Waals surface area contributed by atoms with Crippen molar-refractivity contribution >= 4 is 29.7 Å². The highest BCUT2D eigenvalue weighted by atomic mass is 32.2. The van der Waals surface area contributed by atoms with Crippen LogP contribution in [0.3, 0.4) is 0 Å². The van der Waals surface area contributed by atoms with E-state index in [-0.39, 0.29) is 17.9 Å². The molecule has 9 heteroatoms. The molecule has 8 nitrogen and oxygen atoms in total. The molecule has 2 aromatic rings. The Morgan fingerprint density at radius 2 is 1.77 bits per heavy atom. The van der Waals surface area contributed by atoms with Gasteiger partial charge in [0, 0.05) is 18.3 Å². The Morgan fingerprint density at radius 3 is 2.40 bits per heavy atom. The quantitative estimate of drug-likeness (QED) is 0.631. The van der Waals surface area contributed by atoms with Gasteiger partial charge in [0.15, 0.2) is 6.10 Å². The highest BCUT2D eigenvalue weighted by Crippen LogP contribution is 2.44. The zero-order valence-electron chi connectivity index (χ0n) is 19.4. The van der Waals surface area contributed by atoms with E-state index < -0.39 is 36.2 Å². The minimum atomic E-state index is -1.03. The van der Waals surface area contributed by atoms with Crippen molar-refractivity contribution in [3.05, 3.63) is 59.7 Å². The summed E-state index contributed by atoms with van der Waals surface area (Å²) in [5.74, 6) is -1.14. The highest BCUT2D eigenvalue weighted by molar-refractivity contribution is 8.00. The standard InChI is InChI=1S/C26H28N2O6S/c1-2-22-28(21(14-35-22)25(30)31)24(29)23-20(11-12-33-23)27-26(32)34-13-19-17-9-5-3-7-15(17)16-8-4-6-10-18(16)19/h3-10,19-23H,2,11-14H2,1H3,(H,27,32)(H,30,31)/t20-,21?,22?,23+/m0/s1. The molecule has 5 rings (SSSR count). The largest absolute Gasteiger partial charge is 0.480 e. The van der Waals surface area contributed by atoms with Gasteiger partial charge in [0.25, 0.3) is 5.91 Å². The molecule has 184 valence electrons. The average Bonchev–Trinajstić information content (AvgIpc) is 3.58. The van der Waals surface area contributed by atoms with Crippen LogP contribution in [0.5, 0.6) is 0 Å². The van der Waals surface area contributed by atoms with Crippen molar-refractivity contribution in [2.45, 2.75) is 49.2 Å². The summed E-state index contributed by atoms with van der Waals surface area (Å²) in [5.41, 5.74) is 4.54. The van der Waals surface area contributed by atoms with Gasteiger partial charge in [-0.1, -0.05) is 55.5 Å². The van der Waals surface area contributed by atoms with Gasteiger partial charge in [0.2, 0.25) is 0 Å². The Bertz CT molecular complexity index is 1090. The van der Waals surface area contributed by atoms with E-state index in [1.807, 2.05) is 31.2 Å². The van der Waals surface area contributed by atoms with Crippen LogP contribution in [-0.2, 0) is 19.1 Å². The first-order chi connectivity index (χ1) is 17.0. The molecule has 0 aromatic heterocycles. The summed E-state index contributed by atoms with van der Waals surface area (Å²) in [6.07, 6.45) is -0.448. The summed E-state index contributed by atoms with van der Waals surface area (Å²) in [6, 6.07) is 14.8. The molecule has 2 saturated heterocycles. The van der Waals surface area contributed by atoms with Crippen molar-refractivity contribution in [2.75, 3.05) is 19.0 Å². The molecule has 2 fully saturated rings. The number of fused-ring (bicyclic) bond motifs is 3. The van der Waals surface area contributed by atoms with E-state index in [1.54, 1.807) is 0 Å². The van der Waals surface area contributed by atoms with Crippen molar-refractivity contribution in [3.8, 4) is 11.1 Å². The Hall–Kier alpha value is -3.04. The maximum Gasteiger partial charge on any atom is 0.407 e. The Kier molecular flexibility index (Phi) is 6.71. The minimum absolute atomic E-state index is 0.0614. The number of rotatable bonds is 6. The summed E-state index contributed by atoms with van der Waals surface area (Å²) >= 11 is 1.46. The monoisotopic (exact) mass is 496 g/mol. The van der Waals surface area contributed by atoms with Gasteiger partial charge >= 0.3 is 12.1 Å². The summed E-state index contributed by atoms with van der Waals surface area (Å²) in [7, 11) is 0. The number of amides is 2. The lowest BCUT2D eigenvalue weighted by atomic mass is 9.98. The topological polar surface area (TPSA) is 105 Å². The number of benzene rings is 2. The molecule has 0 bridgehead atoms. The number of alkyl carbamates (subject to hydrolysis) is 1. The van der Waals surface area contributed by atoms with Crippen LogP contribution >= 0.6 is 11.8 Å². The molecule has 0 saturated carbocycles. The number of aliphatic carboxylic acids is 1. The van der Waals surface area contributed by atoms with Crippen molar-refractivity contribution in [2.24, 2.45) is 0 Å². The second-order valence-corrected chi connectivity index (χ2v) is 10.2. The molecule has 3 aliphatic rings. The summed E-state index contributed by atoms with van der Waals surface area (Å²) < 4.78 is 11.3. The zero-order chi connectivity index (χ0) is 24.5. The normalized spacial score (nSPS) is 25.2. The van der Waals surface area contributed by atoms with Crippen LogP contribution in [0, 0.1) is 0 Å². The van der Waals surface area contributed by atoms with E-state index in [2.05, 4.69) is 29.6 Å². The number of nitrogens with one attached hydrogen (secondary N) is 1. The van der Waals surface area contributed by atoms with Crippen molar-refractivity contribution < 1.29 is 29.0 Å². The molecule has 2 N–H and O–H groups in total. The number of nitrogens with zero attached hydrogens (tertiary/aromatic N) is 1. The molecule has 2 aromatic carbocycles. The van der Waals surface area contributed by atoms with Gasteiger partial charge in [-0.25, -0.2) is 9.59 Å². The van der Waals surface area contributed by atoms with Crippen LogP contribution in [0.1, 0.15) is 36.8 Å². The fraction of sp³-hybridized carbons (Fsp3) is 0.423. The van der Waals surface area contributed by atoms with E-state index in [1.165, 1.54) is 16.7 Å². The fourth-order valence-electron chi connectivity index (χ4n) is 5.28. The average molecular weight is 497 g/mol. The molecule has 4 atom stereocenters. The van der Waals surface area contributed by atoms with Crippen molar-refractivity contribution in [1.82, 2.24) is 10.2 Å². The molecule has 2 amide bonds. The first-order valence-corrected chi connectivity index (χ1v) is 12.9. The third-order valence-corrected chi connectivity index (χ3v) is 8.42. The van der Waals surface area contributed by atoms with Crippen LogP contribution < -0.4 is 5.32 Å². The van der Waals surface area contributed by atoms with Gasteiger partial charge in [-0.2, -0.15) is 0 Å². The van der Waals surface area contributed by atoms with Crippen LogP contribution in [0.25, 0.3) is 11.1 Å². The first kappa shape index (κ1) is 23.7. The smallest absolute Gasteiger partial charge is 0.407 e. The number of carboxylic acids is 1. The van der Waals surface area contributed by atoms with Crippen molar-refractivity contribution in [1.29, 1.82) is 0 Å². The lowest BCUT2D eigenvalue weighted by Crippen LogP contribution is -2.54. The van der Waals surface area contributed by atoms with Gasteiger partial charge in [-0.15, -0.1) is 11.8 Å². The Morgan fingerprint density at radius 1 is 1.11 bits per heavy atom. The van der Waals surface area contributed by atoms with E-state index >= 15 is 0 Å². The SMILES string of the molecule is CCC1SCC(C(=O)O)N1C(=O)[C@@H]1OCC[C@@H]1NC(=O)OCC1c2ccccc2-c2ccccc21. The van der Waals surface area contributed by atoms with Gasteiger partial charge < -0.3 is 24.8 Å². The molecule has 35 heavy (non-hydrogen) atoms. The minimum Gasteiger partial charge on any atom is -0.480 e. The van der Waals surface area contributed by atoms with E-state index in [4.69, 9.17) is 9.47 Å². The van der Waals surface area contributed by atoms with E-state index in [0.29, 0.717) is 25.2 Å². The maximum absolute atomic E-state index is 13.3. The Balaban J connectivity index is 1.24. The third-order valence-electron chi connectivity index (χ3n) is 6.96. The first-order valence-electron chi connectivity index (χ1n) is 11.9. The van der Waals surface area contributed by atoms with Gasteiger partial charge in [0.1, 0.15) is 12.6 Å². The Labute approximate surface area is 208 Å². The second kappa shape index (κ2) is 9.91. The number of carboxylic acid groups (broad SMARTS) is 1. The molecular formula is C26H28N2O6S. The molecule has 0 radical (unpaired) electrons. The number of hydrogen-bond donors (Lipinski definition) is 2. The van der Waals surface area contributed by atoms with Crippen LogP contribution in [0.15, 0.2) is 48.5 Å². The summed E-state index contributed by atoms with van der Waals surface area (Å²) in [4.78, 5) is 39.2. The fourth-order valence-corrected chi connectivity index (χ4v) is 6.64. The van der Waals surface area contributed by atoms with Crippen LogP contribution in [0.2, 0.25) is 0 Å². The molecule has 2 heterocycles. The second-order valence-electron chi connectivity index (χ2n) is 8.95. The van der Waals surface area contributed by atoms with Crippen LogP contribution in [-0.4, -0.2) is 70.5 Å². The summed E-state index contributed by atoms with van der Waals surface area (Å²) in [6.45, 7) is 2.40. The zero-order valence-corrected chi connectivity index (χ0v) is 20.2. The third kappa shape index (κ3) is 4.38. The summed E-state index contributed by atoms with van der Waals surface area (Å²) in [5, 5.41) is 12.2. The van der Waals surface area contributed by atoms with Crippen LogP contribution in [0.4, 0.5) is 4.79 Å². The van der Waals surface area contributed by atoms with E-state index in [9.17, 15) is 19.5 Å². The van der Waals surface area contributed by atoms with E-state index in [0.717, 1.165) is 22.3 Å². The molecule has 2 unspecified atom stereocenters. The predicted molar refractivity (Wildman–Crippen MR) is 131 cm³/mol. The predicted octanol–water partition coefficient (Wildman–Crippen LogP) is 3.45. The number of ether oxygens (including phenoxy) is 2.